The molecule has 3 nitrogen and oxygen atoms in total. The Morgan fingerprint density at radius 1 is 1.57 bits per heavy atom. The van der Waals surface area contributed by atoms with Crippen molar-refractivity contribution < 1.29 is 9.53 Å². The van der Waals surface area contributed by atoms with Crippen molar-refractivity contribution in [1.29, 1.82) is 0 Å². The van der Waals surface area contributed by atoms with Crippen LogP contribution in [0.15, 0.2) is 12.3 Å². The van der Waals surface area contributed by atoms with Crippen molar-refractivity contribution in [3.05, 3.63) is 23.4 Å². The maximum atomic E-state index is 11.1. The summed E-state index contributed by atoms with van der Waals surface area (Å²) >= 11 is 0. The zero-order valence-corrected chi connectivity index (χ0v) is 8.83. The van der Waals surface area contributed by atoms with Crippen molar-refractivity contribution >= 4 is 5.78 Å². The molecule has 1 heterocycles. The minimum atomic E-state index is 0.0389. The van der Waals surface area contributed by atoms with E-state index in [4.69, 9.17) is 4.74 Å². The molecule has 1 aromatic heterocycles. The Morgan fingerprint density at radius 3 is 2.79 bits per heavy atom. The Labute approximate surface area is 84.1 Å². The number of ketones is 1. The number of pyridine rings is 1. The molecule has 0 radical (unpaired) electrons. The van der Waals surface area contributed by atoms with Crippen molar-refractivity contribution in [3.63, 3.8) is 0 Å². The monoisotopic (exact) mass is 193 g/mol. The van der Waals surface area contributed by atoms with Gasteiger partial charge in [0.2, 0.25) is 5.88 Å². The molecule has 0 saturated carbocycles. The van der Waals surface area contributed by atoms with E-state index < -0.39 is 0 Å². The number of carbonyl (C=O) groups excluding carboxylic acids is 1. The lowest BCUT2D eigenvalue weighted by molar-refractivity contribution is 0.101. The minimum absolute atomic E-state index is 0.0389. The zero-order chi connectivity index (χ0) is 10.6. The summed E-state index contributed by atoms with van der Waals surface area (Å²) in [7, 11) is 0. The highest BCUT2D eigenvalue weighted by molar-refractivity contribution is 5.95. The quantitative estimate of drug-likeness (QED) is 0.689. The maximum absolute atomic E-state index is 11.1. The van der Waals surface area contributed by atoms with Gasteiger partial charge in [-0.3, -0.25) is 4.79 Å². The number of aromatic nitrogens is 1. The van der Waals surface area contributed by atoms with Crippen LogP contribution in [-0.2, 0) is 0 Å². The average molecular weight is 193 g/mol. The van der Waals surface area contributed by atoms with Gasteiger partial charge >= 0.3 is 0 Å². The van der Waals surface area contributed by atoms with E-state index in [-0.39, 0.29) is 5.78 Å². The molecule has 1 rings (SSSR count). The van der Waals surface area contributed by atoms with Gasteiger partial charge in [-0.05, 0) is 25.8 Å². The summed E-state index contributed by atoms with van der Waals surface area (Å²) in [6, 6.07) is 1.80. The summed E-state index contributed by atoms with van der Waals surface area (Å²) in [6.45, 7) is 6.12. The summed E-state index contributed by atoms with van der Waals surface area (Å²) in [4.78, 5) is 15.2. The van der Waals surface area contributed by atoms with Crippen molar-refractivity contribution in [1.82, 2.24) is 4.98 Å². The van der Waals surface area contributed by atoms with Gasteiger partial charge in [0.05, 0.1) is 6.61 Å². The number of aryl methyl sites for hydroxylation is 1. The van der Waals surface area contributed by atoms with E-state index in [0.717, 1.165) is 12.0 Å². The Bertz CT molecular complexity index is 334. The van der Waals surface area contributed by atoms with Gasteiger partial charge < -0.3 is 4.74 Å². The van der Waals surface area contributed by atoms with Crippen LogP contribution in [0.1, 0.15) is 36.2 Å². The number of hydrogen-bond donors (Lipinski definition) is 0. The van der Waals surface area contributed by atoms with E-state index in [2.05, 4.69) is 4.98 Å². The normalized spacial score (nSPS) is 9.93. The Morgan fingerprint density at radius 2 is 2.29 bits per heavy atom. The first-order valence-electron chi connectivity index (χ1n) is 4.75. The highest BCUT2D eigenvalue weighted by Gasteiger charge is 2.05. The van der Waals surface area contributed by atoms with Crippen molar-refractivity contribution in [2.45, 2.75) is 27.2 Å². The summed E-state index contributed by atoms with van der Waals surface area (Å²) < 4.78 is 5.35. The first-order valence-corrected chi connectivity index (χ1v) is 4.75. The first-order chi connectivity index (χ1) is 6.65. The fraction of sp³-hybridized carbons (Fsp3) is 0.455. The van der Waals surface area contributed by atoms with E-state index in [1.54, 1.807) is 12.3 Å². The Balaban J connectivity index is 2.83. The van der Waals surface area contributed by atoms with Crippen LogP contribution in [0.5, 0.6) is 5.88 Å². The molecular formula is C11H15NO2. The van der Waals surface area contributed by atoms with E-state index in [1.165, 1.54) is 6.92 Å². The molecule has 0 fully saturated rings. The average Bonchev–Trinajstić information content (AvgIpc) is 2.14. The van der Waals surface area contributed by atoms with Gasteiger partial charge in [0.25, 0.3) is 0 Å². The van der Waals surface area contributed by atoms with Crippen LogP contribution < -0.4 is 4.74 Å². The van der Waals surface area contributed by atoms with Gasteiger partial charge in [0, 0.05) is 17.8 Å². The molecular weight excluding hydrogens is 178 g/mol. The zero-order valence-electron chi connectivity index (χ0n) is 8.83. The second-order valence-corrected chi connectivity index (χ2v) is 3.24. The summed E-state index contributed by atoms with van der Waals surface area (Å²) in [5.74, 6) is 0.631. The van der Waals surface area contributed by atoms with Crippen LogP contribution in [0.3, 0.4) is 0 Å². The summed E-state index contributed by atoms with van der Waals surface area (Å²) in [5, 5.41) is 0. The molecule has 0 aliphatic rings. The lowest BCUT2D eigenvalue weighted by Crippen LogP contribution is -2.01. The van der Waals surface area contributed by atoms with E-state index in [1.807, 2.05) is 13.8 Å². The fourth-order valence-electron chi connectivity index (χ4n) is 1.18. The fourth-order valence-corrected chi connectivity index (χ4v) is 1.18. The van der Waals surface area contributed by atoms with Crippen LogP contribution >= 0.6 is 0 Å². The van der Waals surface area contributed by atoms with E-state index >= 15 is 0 Å². The van der Waals surface area contributed by atoms with Crippen molar-refractivity contribution in [3.8, 4) is 5.88 Å². The minimum Gasteiger partial charge on any atom is -0.478 e. The van der Waals surface area contributed by atoms with Crippen LogP contribution in [0.25, 0.3) is 0 Å². The topological polar surface area (TPSA) is 39.2 Å². The highest BCUT2D eigenvalue weighted by atomic mass is 16.5. The van der Waals surface area contributed by atoms with Crippen LogP contribution in [-0.4, -0.2) is 17.4 Å². The first kappa shape index (κ1) is 10.7. The van der Waals surface area contributed by atoms with E-state index in [9.17, 15) is 4.79 Å². The molecule has 0 amide bonds. The molecule has 0 spiro atoms. The molecule has 0 aromatic carbocycles. The third kappa shape index (κ3) is 2.55. The molecule has 3 heteroatoms. The van der Waals surface area contributed by atoms with Gasteiger partial charge in [-0.1, -0.05) is 6.92 Å². The van der Waals surface area contributed by atoms with Gasteiger partial charge in [-0.25, -0.2) is 4.98 Å². The third-order valence-corrected chi connectivity index (χ3v) is 1.92. The van der Waals surface area contributed by atoms with Gasteiger partial charge in [-0.2, -0.15) is 0 Å². The van der Waals surface area contributed by atoms with E-state index in [0.29, 0.717) is 18.1 Å². The van der Waals surface area contributed by atoms with Crippen molar-refractivity contribution in [2.24, 2.45) is 0 Å². The van der Waals surface area contributed by atoms with Crippen LogP contribution in [0.4, 0.5) is 0 Å². The molecule has 0 atom stereocenters. The van der Waals surface area contributed by atoms with Crippen LogP contribution in [0.2, 0.25) is 0 Å². The standard InChI is InChI=1S/C11H15NO2/c1-4-5-14-11-6-8(2)10(7-12-11)9(3)13/h6-7H,4-5H2,1-3H3. The molecule has 0 N–H and O–H groups in total. The largest absolute Gasteiger partial charge is 0.478 e. The molecule has 0 saturated heterocycles. The SMILES string of the molecule is CCCOc1cc(C)c(C(C)=O)cn1. The predicted molar refractivity (Wildman–Crippen MR) is 54.8 cm³/mol. The van der Waals surface area contributed by atoms with Gasteiger partial charge in [0.15, 0.2) is 5.78 Å². The highest BCUT2D eigenvalue weighted by Crippen LogP contribution is 2.14. The number of rotatable bonds is 4. The molecule has 0 aliphatic carbocycles. The third-order valence-electron chi connectivity index (χ3n) is 1.92. The molecule has 1 aromatic rings. The number of Topliss-reactive ketones (excluding diaryl/α,β-unsaturated/α-hetero) is 1. The maximum Gasteiger partial charge on any atom is 0.213 e. The smallest absolute Gasteiger partial charge is 0.213 e. The Kier molecular flexibility index (Phi) is 3.63. The molecule has 14 heavy (non-hydrogen) atoms. The number of nitrogens with zero attached hydrogens (tertiary/aromatic N) is 1. The Hall–Kier alpha value is -1.38. The second-order valence-electron chi connectivity index (χ2n) is 3.24. The van der Waals surface area contributed by atoms with Crippen LogP contribution in [0, 0.1) is 6.92 Å². The predicted octanol–water partition coefficient (Wildman–Crippen LogP) is 2.38. The van der Waals surface area contributed by atoms with Gasteiger partial charge in [0.1, 0.15) is 0 Å². The summed E-state index contributed by atoms with van der Waals surface area (Å²) in [6.07, 6.45) is 2.53. The number of ether oxygens (including phenoxy) is 1. The van der Waals surface area contributed by atoms with Crippen molar-refractivity contribution in [2.75, 3.05) is 6.61 Å². The summed E-state index contributed by atoms with van der Waals surface area (Å²) in [5.41, 5.74) is 1.58. The lowest BCUT2D eigenvalue weighted by Gasteiger charge is -2.06. The molecule has 76 valence electrons. The molecule has 0 unspecified atom stereocenters. The second kappa shape index (κ2) is 4.74. The number of hydrogen-bond acceptors (Lipinski definition) is 3. The molecule has 0 aliphatic heterocycles. The number of carbonyl (C=O) groups is 1. The lowest BCUT2D eigenvalue weighted by atomic mass is 10.1. The van der Waals surface area contributed by atoms with Gasteiger partial charge in [-0.15, -0.1) is 0 Å². The molecule has 0 bridgehead atoms.